The summed E-state index contributed by atoms with van der Waals surface area (Å²) in [5.41, 5.74) is 3.33. The third-order valence-electron chi connectivity index (χ3n) is 7.43. The molecule has 6 rings (SSSR count). The van der Waals surface area contributed by atoms with Crippen molar-refractivity contribution < 1.29 is 19.0 Å². The molecule has 1 aromatic heterocycles. The number of fused-ring (bicyclic) bond motifs is 2. The van der Waals surface area contributed by atoms with Gasteiger partial charge in [-0.15, -0.1) is 0 Å². The van der Waals surface area contributed by atoms with Crippen LogP contribution in [0.25, 0.3) is 16.8 Å². The van der Waals surface area contributed by atoms with Crippen LogP contribution in [0.3, 0.4) is 0 Å². The first-order valence-electron chi connectivity index (χ1n) is 14.1. The Bertz CT molecular complexity index is 2090. The number of allylic oxidation sites excluding steroid dienone is 1. The maximum absolute atomic E-state index is 14.0. The Kier molecular flexibility index (Phi) is 8.67. The molecule has 0 spiro atoms. The maximum atomic E-state index is 14.0. The summed E-state index contributed by atoms with van der Waals surface area (Å²) in [4.78, 5) is 32.2. The van der Waals surface area contributed by atoms with Crippen molar-refractivity contribution in [1.82, 2.24) is 4.57 Å². The largest absolute Gasteiger partial charge is 0.493 e. The number of thiazole rings is 1. The number of methoxy groups -OCH3 is 1. The summed E-state index contributed by atoms with van der Waals surface area (Å²) in [7, 11) is 1.60. The smallest absolute Gasteiger partial charge is 0.338 e. The fraction of sp³-hybridized carbons (Fsp3) is 0.171. The lowest BCUT2D eigenvalue weighted by Gasteiger charge is -2.24. The Morgan fingerprint density at radius 3 is 2.57 bits per heavy atom. The van der Waals surface area contributed by atoms with Crippen molar-refractivity contribution in [2.45, 2.75) is 26.5 Å². The zero-order valence-electron chi connectivity index (χ0n) is 24.4. The molecule has 2 heterocycles. The fourth-order valence-electron chi connectivity index (χ4n) is 5.43. The van der Waals surface area contributed by atoms with Crippen LogP contribution in [0, 0.1) is 3.57 Å². The third-order valence-corrected chi connectivity index (χ3v) is 9.22. The summed E-state index contributed by atoms with van der Waals surface area (Å²) < 4.78 is 20.4. The topological polar surface area (TPSA) is 79.1 Å². The van der Waals surface area contributed by atoms with E-state index in [-0.39, 0.29) is 12.2 Å². The lowest BCUT2D eigenvalue weighted by atomic mass is 9.96. The highest BCUT2D eigenvalue weighted by molar-refractivity contribution is 14.1. The fourth-order valence-corrected chi connectivity index (χ4v) is 7.25. The number of carbonyl (C=O) groups is 1. The first-order valence-corrected chi connectivity index (χ1v) is 16.0. The van der Waals surface area contributed by atoms with Crippen LogP contribution in [0.2, 0.25) is 0 Å². The van der Waals surface area contributed by atoms with Gasteiger partial charge in [-0.05, 0) is 82.1 Å². The standard InChI is InChI=1S/C35H29IN2O5S/c1-4-42-34(40)30-21(2)37-35-38(31(30)24-12-6-5-7-13-24)33(39)29(44-35)19-22-17-27(36)32(28(18-22)41-3)43-20-25-15-10-14-23-11-8-9-16-26(23)25/h5-19,31H,4,20H2,1-3H3/b29-19-/t31-/m0/s1. The van der Waals surface area contributed by atoms with Crippen molar-refractivity contribution in [3.8, 4) is 11.5 Å². The number of ether oxygens (including phenoxy) is 3. The maximum Gasteiger partial charge on any atom is 0.338 e. The second-order valence-corrected chi connectivity index (χ2v) is 12.3. The van der Waals surface area contributed by atoms with Gasteiger partial charge >= 0.3 is 5.97 Å². The molecule has 1 aliphatic rings. The number of benzene rings is 4. The van der Waals surface area contributed by atoms with E-state index in [0.29, 0.717) is 38.7 Å². The minimum Gasteiger partial charge on any atom is -0.493 e. The van der Waals surface area contributed by atoms with E-state index >= 15 is 0 Å². The highest BCUT2D eigenvalue weighted by atomic mass is 127. The highest BCUT2D eigenvalue weighted by Crippen LogP contribution is 2.35. The van der Waals surface area contributed by atoms with E-state index in [1.54, 1.807) is 25.5 Å². The zero-order valence-corrected chi connectivity index (χ0v) is 27.3. The second-order valence-electron chi connectivity index (χ2n) is 10.2. The SMILES string of the molecule is CCOC(=O)C1=C(C)N=c2s/c(=C\c3cc(I)c(OCc4cccc5ccccc45)c(OC)c3)c(=O)n2[C@H]1c1ccccc1. The summed E-state index contributed by atoms with van der Waals surface area (Å²) in [6.07, 6.45) is 1.83. The third kappa shape index (κ3) is 5.69. The number of carbonyl (C=O) groups excluding carboxylic acids is 1. The van der Waals surface area contributed by atoms with Gasteiger partial charge in [0.25, 0.3) is 5.56 Å². The quantitative estimate of drug-likeness (QED) is 0.143. The molecule has 0 radical (unpaired) electrons. The van der Waals surface area contributed by atoms with Crippen molar-refractivity contribution in [2.24, 2.45) is 4.99 Å². The van der Waals surface area contributed by atoms with Gasteiger partial charge in [0.15, 0.2) is 16.3 Å². The van der Waals surface area contributed by atoms with E-state index in [1.807, 2.05) is 66.7 Å². The Morgan fingerprint density at radius 2 is 1.80 bits per heavy atom. The van der Waals surface area contributed by atoms with E-state index in [9.17, 15) is 9.59 Å². The monoisotopic (exact) mass is 716 g/mol. The Morgan fingerprint density at radius 1 is 1.05 bits per heavy atom. The molecule has 9 heteroatoms. The van der Waals surface area contributed by atoms with Crippen LogP contribution in [0.15, 0.2) is 106 Å². The molecule has 1 atom stereocenters. The summed E-state index contributed by atoms with van der Waals surface area (Å²) in [5, 5.41) is 2.30. The molecule has 0 amide bonds. The molecule has 0 fully saturated rings. The number of aromatic nitrogens is 1. The van der Waals surface area contributed by atoms with Gasteiger partial charge in [-0.25, -0.2) is 9.79 Å². The van der Waals surface area contributed by atoms with E-state index in [0.717, 1.165) is 31.0 Å². The molecule has 0 N–H and O–H groups in total. The van der Waals surface area contributed by atoms with Gasteiger partial charge in [0.2, 0.25) is 0 Å². The molecule has 0 bridgehead atoms. The lowest BCUT2D eigenvalue weighted by molar-refractivity contribution is -0.139. The molecule has 4 aromatic carbocycles. The summed E-state index contributed by atoms with van der Waals surface area (Å²) in [5.74, 6) is 0.729. The van der Waals surface area contributed by atoms with Crippen LogP contribution in [-0.4, -0.2) is 24.3 Å². The Balaban J connectivity index is 1.39. The van der Waals surface area contributed by atoms with Crippen molar-refractivity contribution >= 4 is 56.7 Å². The predicted molar refractivity (Wildman–Crippen MR) is 181 cm³/mol. The number of nitrogens with zero attached hydrogens (tertiary/aromatic N) is 2. The number of halogens is 1. The van der Waals surface area contributed by atoms with Crippen LogP contribution in [0.5, 0.6) is 11.5 Å². The number of hydrogen-bond acceptors (Lipinski definition) is 7. The molecule has 44 heavy (non-hydrogen) atoms. The lowest BCUT2D eigenvalue weighted by Crippen LogP contribution is -2.39. The summed E-state index contributed by atoms with van der Waals surface area (Å²) >= 11 is 3.52. The van der Waals surface area contributed by atoms with Crippen LogP contribution in [-0.2, 0) is 16.1 Å². The van der Waals surface area contributed by atoms with Gasteiger partial charge in [0.1, 0.15) is 6.61 Å². The Labute approximate surface area is 271 Å². The van der Waals surface area contributed by atoms with Crippen molar-refractivity contribution in [3.05, 3.63) is 136 Å². The molecule has 222 valence electrons. The molecule has 5 aromatic rings. The number of hydrogen-bond donors (Lipinski definition) is 0. The summed E-state index contributed by atoms with van der Waals surface area (Å²) in [6.45, 7) is 4.15. The first-order chi connectivity index (χ1) is 21.4. The average molecular weight is 717 g/mol. The van der Waals surface area contributed by atoms with Crippen molar-refractivity contribution in [3.63, 3.8) is 0 Å². The molecular formula is C35H29IN2O5S. The van der Waals surface area contributed by atoms with E-state index in [2.05, 4.69) is 51.8 Å². The molecule has 1 aliphatic heterocycles. The minimum absolute atomic E-state index is 0.226. The van der Waals surface area contributed by atoms with Gasteiger partial charge in [0, 0.05) is 0 Å². The zero-order chi connectivity index (χ0) is 30.8. The van der Waals surface area contributed by atoms with Gasteiger partial charge in [-0.1, -0.05) is 84.1 Å². The van der Waals surface area contributed by atoms with Crippen molar-refractivity contribution in [2.75, 3.05) is 13.7 Å². The van der Waals surface area contributed by atoms with E-state index < -0.39 is 12.0 Å². The average Bonchev–Trinajstić information content (AvgIpc) is 3.33. The van der Waals surface area contributed by atoms with Gasteiger partial charge in [-0.2, -0.15) is 0 Å². The van der Waals surface area contributed by atoms with Crippen LogP contribution < -0.4 is 24.4 Å². The number of rotatable bonds is 8. The number of esters is 1. The van der Waals surface area contributed by atoms with Crippen LogP contribution >= 0.6 is 33.9 Å². The highest BCUT2D eigenvalue weighted by Gasteiger charge is 2.33. The summed E-state index contributed by atoms with van der Waals surface area (Å²) in [6, 6.07) is 27.1. The van der Waals surface area contributed by atoms with Crippen molar-refractivity contribution in [1.29, 1.82) is 0 Å². The molecule has 0 saturated heterocycles. The van der Waals surface area contributed by atoms with Gasteiger partial charge < -0.3 is 14.2 Å². The molecule has 0 unspecified atom stereocenters. The van der Waals surface area contributed by atoms with Gasteiger partial charge in [0.05, 0.1) is 39.1 Å². The normalized spacial score (nSPS) is 14.7. The van der Waals surface area contributed by atoms with E-state index in [1.165, 1.54) is 11.3 Å². The van der Waals surface area contributed by atoms with Crippen LogP contribution in [0.1, 0.15) is 36.6 Å². The molecule has 0 aliphatic carbocycles. The molecule has 7 nitrogen and oxygen atoms in total. The van der Waals surface area contributed by atoms with E-state index in [4.69, 9.17) is 14.2 Å². The minimum atomic E-state index is -0.645. The van der Waals surface area contributed by atoms with Gasteiger partial charge in [-0.3, -0.25) is 9.36 Å². The molecule has 0 saturated carbocycles. The Hall–Kier alpha value is -4.22. The first kappa shape index (κ1) is 29.8. The predicted octanol–water partition coefficient (Wildman–Crippen LogP) is 6.14. The molecular weight excluding hydrogens is 687 g/mol. The van der Waals surface area contributed by atoms with Crippen LogP contribution in [0.4, 0.5) is 0 Å². The second kappa shape index (κ2) is 12.8.